The largest absolute Gasteiger partial charge is 0.463 e. The van der Waals surface area contributed by atoms with Gasteiger partial charge < -0.3 is 9.30 Å². The van der Waals surface area contributed by atoms with Crippen LogP contribution in [0.4, 0.5) is 4.39 Å². The molecule has 0 saturated heterocycles. The molecule has 0 aliphatic carbocycles. The molecule has 230 valence electrons. The van der Waals surface area contributed by atoms with Crippen LogP contribution in [0.3, 0.4) is 0 Å². The quantitative estimate of drug-likeness (QED) is 0.202. The molecule has 0 saturated carbocycles. The number of carbonyl (C=O) groups is 1. The minimum absolute atomic E-state index is 0.136. The molecule has 0 spiro atoms. The summed E-state index contributed by atoms with van der Waals surface area (Å²) in [5, 5.41) is 10.2. The average Bonchev–Trinajstić information content (AvgIpc) is 3.61. The van der Waals surface area contributed by atoms with Crippen LogP contribution in [0.5, 0.6) is 0 Å². The zero-order valence-corrected chi connectivity index (χ0v) is 26.1. The van der Waals surface area contributed by atoms with Gasteiger partial charge in [0.2, 0.25) is 0 Å². The Labute approximate surface area is 273 Å². The van der Waals surface area contributed by atoms with Gasteiger partial charge in [0.15, 0.2) is 4.80 Å². The summed E-state index contributed by atoms with van der Waals surface area (Å²) < 4.78 is 23.7. The second-order valence-electron chi connectivity index (χ2n) is 11.0. The van der Waals surface area contributed by atoms with Crippen LogP contribution in [0.15, 0.2) is 125 Å². The van der Waals surface area contributed by atoms with Crippen LogP contribution < -0.4 is 14.9 Å². The van der Waals surface area contributed by atoms with E-state index >= 15 is 0 Å². The molecule has 47 heavy (non-hydrogen) atoms. The molecule has 0 amide bonds. The van der Waals surface area contributed by atoms with Crippen molar-refractivity contribution in [3.63, 3.8) is 0 Å². The molecular formula is C38H27FN4O3S. The molecule has 3 heterocycles. The summed E-state index contributed by atoms with van der Waals surface area (Å²) in [4.78, 5) is 33.3. The minimum atomic E-state index is -0.888. The SMILES string of the molecule is CCOC(=O)C1=C(c2ccccc2)N=c2s/c(=C\c3cn(Cc4ccc(C#N)cc4)c4ccccc34)c(=O)n2[C@@H]1c1ccc(F)cc1. The number of hydrogen-bond acceptors (Lipinski definition) is 6. The normalized spacial score (nSPS) is 14.5. The molecule has 0 N–H and O–H groups in total. The molecule has 0 bridgehead atoms. The number of benzene rings is 4. The van der Waals surface area contributed by atoms with E-state index in [0.29, 0.717) is 38.3 Å². The van der Waals surface area contributed by atoms with Gasteiger partial charge in [-0.1, -0.05) is 84.1 Å². The van der Waals surface area contributed by atoms with E-state index < -0.39 is 17.8 Å². The third-order valence-electron chi connectivity index (χ3n) is 8.10. The van der Waals surface area contributed by atoms with E-state index in [1.165, 1.54) is 28.0 Å². The number of para-hydroxylation sites is 1. The fourth-order valence-electron chi connectivity index (χ4n) is 5.94. The lowest BCUT2D eigenvalue weighted by atomic mass is 9.93. The van der Waals surface area contributed by atoms with Crippen molar-refractivity contribution < 1.29 is 13.9 Å². The van der Waals surface area contributed by atoms with Crippen LogP contribution in [0, 0.1) is 17.1 Å². The maximum absolute atomic E-state index is 14.3. The monoisotopic (exact) mass is 638 g/mol. The van der Waals surface area contributed by atoms with Crippen LogP contribution >= 0.6 is 11.3 Å². The Kier molecular flexibility index (Phi) is 7.94. The third kappa shape index (κ3) is 5.60. The molecule has 1 aliphatic rings. The molecule has 0 radical (unpaired) electrons. The number of esters is 1. The van der Waals surface area contributed by atoms with Gasteiger partial charge in [0, 0.05) is 34.8 Å². The van der Waals surface area contributed by atoms with E-state index in [0.717, 1.165) is 22.0 Å². The van der Waals surface area contributed by atoms with Gasteiger partial charge in [-0.25, -0.2) is 14.2 Å². The lowest BCUT2D eigenvalue weighted by molar-refractivity contribution is -0.138. The lowest BCUT2D eigenvalue weighted by Crippen LogP contribution is -2.40. The van der Waals surface area contributed by atoms with Gasteiger partial charge in [-0.2, -0.15) is 5.26 Å². The van der Waals surface area contributed by atoms with Crippen LogP contribution in [-0.2, 0) is 16.1 Å². The second-order valence-corrected chi connectivity index (χ2v) is 12.0. The van der Waals surface area contributed by atoms with Crippen molar-refractivity contribution in [2.24, 2.45) is 4.99 Å². The smallest absolute Gasteiger partial charge is 0.338 e. The topological polar surface area (TPSA) is 89.4 Å². The second kappa shape index (κ2) is 12.5. The van der Waals surface area contributed by atoms with Crippen molar-refractivity contribution in [2.45, 2.75) is 19.5 Å². The Bertz CT molecular complexity index is 2400. The summed E-state index contributed by atoms with van der Waals surface area (Å²) in [5.41, 5.74) is 5.05. The van der Waals surface area contributed by atoms with Gasteiger partial charge in [-0.3, -0.25) is 9.36 Å². The summed E-state index contributed by atoms with van der Waals surface area (Å²) in [7, 11) is 0. The molecule has 9 heteroatoms. The number of nitrogens with zero attached hydrogens (tertiary/aromatic N) is 4. The summed E-state index contributed by atoms with van der Waals surface area (Å²) in [6.45, 7) is 2.44. The first-order valence-corrected chi connectivity index (χ1v) is 15.9. The molecule has 1 aliphatic heterocycles. The van der Waals surface area contributed by atoms with Gasteiger partial charge >= 0.3 is 5.97 Å². The molecule has 7 rings (SSSR count). The highest BCUT2D eigenvalue weighted by molar-refractivity contribution is 7.07. The average molecular weight is 639 g/mol. The standard InChI is InChI=1S/C38H27FN4O3S/c1-2-46-37(45)33-34(26-8-4-3-5-9-26)41-38-43(35(33)27-16-18-29(39)19-17-27)36(44)32(47-38)20-28-23-42(31-11-7-6-10-30(28)31)22-25-14-12-24(21-40)13-15-25/h3-20,23,35H,2,22H2,1H3/b32-20-/t35-/m1/s1. The molecule has 0 unspecified atom stereocenters. The predicted octanol–water partition coefficient (Wildman–Crippen LogP) is 5.95. The van der Waals surface area contributed by atoms with Crippen LogP contribution in [0.1, 0.15) is 40.8 Å². The first-order chi connectivity index (χ1) is 22.9. The van der Waals surface area contributed by atoms with Gasteiger partial charge in [0.25, 0.3) is 5.56 Å². The Morgan fingerprint density at radius 2 is 1.72 bits per heavy atom. The number of nitriles is 1. The molecule has 6 aromatic rings. The van der Waals surface area contributed by atoms with E-state index in [2.05, 4.69) is 10.6 Å². The van der Waals surface area contributed by atoms with Gasteiger partial charge in [-0.05, 0) is 54.5 Å². The summed E-state index contributed by atoms with van der Waals surface area (Å²) in [6, 6.07) is 31.8. The van der Waals surface area contributed by atoms with Crippen LogP contribution in [0.2, 0.25) is 0 Å². The van der Waals surface area contributed by atoms with E-state index in [1.54, 1.807) is 31.2 Å². The zero-order chi connectivity index (χ0) is 32.5. The fraction of sp³-hybridized carbons (Fsp3) is 0.105. The van der Waals surface area contributed by atoms with Crippen molar-refractivity contribution in [1.29, 1.82) is 5.26 Å². The maximum Gasteiger partial charge on any atom is 0.338 e. The Morgan fingerprint density at radius 1 is 1.00 bits per heavy atom. The van der Waals surface area contributed by atoms with E-state index in [-0.39, 0.29) is 17.7 Å². The highest BCUT2D eigenvalue weighted by Gasteiger charge is 2.35. The summed E-state index contributed by atoms with van der Waals surface area (Å²) in [5.74, 6) is -1.02. The van der Waals surface area contributed by atoms with Crippen LogP contribution in [-0.4, -0.2) is 21.7 Å². The van der Waals surface area contributed by atoms with Gasteiger partial charge in [-0.15, -0.1) is 0 Å². The lowest BCUT2D eigenvalue weighted by Gasteiger charge is -2.25. The molecular weight excluding hydrogens is 612 g/mol. The number of carbonyl (C=O) groups excluding carboxylic acids is 1. The number of halogens is 1. The highest BCUT2D eigenvalue weighted by Crippen LogP contribution is 2.35. The number of fused-ring (bicyclic) bond motifs is 2. The van der Waals surface area contributed by atoms with E-state index in [9.17, 15) is 19.2 Å². The van der Waals surface area contributed by atoms with Crippen LogP contribution in [0.25, 0.3) is 22.7 Å². The number of aromatic nitrogens is 2. The number of thiazole rings is 1. The number of ether oxygens (including phenoxy) is 1. The predicted molar refractivity (Wildman–Crippen MR) is 180 cm³/mol. The van der Waals surface area contributed by atoms with Crippen molar-refractivity contribution in [1.82, 2.24) is 9.13 Å². The molecule has 4 aromatic carbocycles. The molecule has 7 nitrogen and oxygen atoms in total. The van der Waals surface area contributed by atoms with Gasteiger partial charge in [0.05, 0.1) is 40.1 Å². The van der Waals surface area contributed by atoms with Crippen molar-refractivity contribution in [3.05, 3.63) is 168 Å². The molecule has 1 atom stereocenters. The van der Waals surface area contributed by atoms with E-state index in [1.807, 2.05) is 79.0 Å². The van der Waals surface area contributed by atoms with Gasteiger partial charge in [0.1, 0.15) is 5.82 Å². The first kappa shape index (κ1) is 29.8. The Balaban J connectivity index is 1.43. The molecule has 2 aromatic heterocycles. The zero-order valence-electron chi connectivity index (χ0n) is 25.3. The third-order valence-corrected chi connectivity index (χ3v) is 9.08. The van der Waals surface area contributed by atoms with Crippen molar-refractivity contribution in [2.75, 3.05) is 6.61 Å². The van der Waals surface area contributed by atoms with Crippen molar-refractivity contribution in [3.8, 4) is 6.07 Å². The summed E-state index contributed by atoms with van der Waals surface area (Å²) >= 11 is 1.24. The van der Waals surface area contributed by atoms with E-state index in [4.69, 9.17) is 9.73 Å². The maximum atomic E-state index is 14.3. The Morgan fingerprint density at radius 3 is 2.45 bits per heavy atom. The fourth-order valence-corrected chi connectivity index (χ4v) is 6.94. The Hall–Kier alpha value is -5.85. The number of rotatable bonds is 7. The number of hydrogen-bond donors (Lipinski definition) is 0. The molecule has 0 fully saturated rings. The first-order valence-electron chi connectivity index (χ1n) is 15.1. The van der Waals surface area contributed by atoms with Crippen molar-refractivity contribution >= 4 is 40.0 Å². The summed E-state index contributed by atoms with van der Waals surface area (Å²) in [6.07, 6.45) is 3.87. The minimum Gasteiger partial charge on any atom is -0.463 e. The highest BCUT2D eigenvalue weighted by atomic mass is 32.1.